The fraction of sp³-hybridized carbons (Fsp3) is 1.00. The highest BCUT2D eigenvalue weighted by molar-refractivity contribution is 7.89. The maximum Gasteiger partial charge on any atom is 0.248 e. The number of rotatable bonds is 2. The summed E-state index contributed by atoms with van der Waals surface area (Å²) in [6.45, 7) is 0. The number of alkyl halides is 2. The average Bonchev–Trinajstić information content (AvgIpc) is 2.05. The van der Waals surface area contributed by atoms with Crippen LogP contribution in [0.1, 0.15) is 19.3 Å². The Bertz CT molecular complexity index is 263. The Morgan fingerprint density at radius 3 is 2.42 bits per heavy atom. The van der Waals surface area contributed by atoms with Crippen LogP contribution in [-0.4, -0.2) is 20.1 Å². The van der Waals surface area contributed by atoms with Crippen LogP contribution in [0.5, 0.6) is 0 Å². The molecule has 0 spiro atoms. The van der Waals surface area contributed by atoms with Crippen LogP contribution in [0.15, 0.2) is 0 Å². The van der Waals surface area contributed by atoms with E-state index in [1.807, 2.05) is 0 Å². The van der Waals surface area contributed by atoms with Gasteiger partial charge in [-0.1, -0.05) is 0 Å². The highest BCUT2D eigenvalue weighted by Gasteiger charge is 2.40. The van der Waals surface area contributed by atoms with Gasteiger partial charge in [-0.3, -0.25) is 0 Å². The molecule has 1 fully saturated rings. The second-order valence-corrected chi connectivity index (χ2v) is 4.95. The Morgan fingerprint density at radius 2 is 2.08 bits per heavy atom. The lowest BCUT2D eigenvalue weighted by molar-refractivity contribution is 0.00593. The van der Waals surface area contributed by atoms with Crippen LogP contribution >= 0.6 is 0 Å². The molecular weight excluding hydrogens is 188 g/mol. The normalized spacial score (nSPS) is 29.1. The number of hydrogen-bond acceptors (Lipinski definition) is 2. The first-order valence-corrected chi connectivity index (χ1v) is 5.38. The van der Waals surface area contributed by atoms with E-state index in [2.05, 4.69) is 0 Å². The SMILES string of the molecule is NS(=O)(=O)CC1CCC(F)(F)C1. The fourth-order valence-corrected chi connectivity index (χ4v) is 2.45. The van der Waals surface area contributed by atoms with Gasteiger partial charge in [0.1, 0.15) is 0 Å². The number of primary sulfonamides is 1. The zero-order valence-electron chi connectivity index (χ0n) is 6.46. The summed E-state index contributed by atoms with van der Waals surface area (Å²) in [6, 6.07) is 0. The van der Waals surface area contributed by atoms with Crippen molar-refractivity contribution in [2.24, 2.45) is 11.1 Å². The van der Waals surface area contributed by atoms with Crippen LogP contribution in [-0.2, 0) is 10.0 Å². The maximum absolute atomic E-state index is 12.5. The van der Waals surface area contributed by atoms with Crippen LogP contribution < -0.4 is 5.14 Å². The Balaban J connectivity index is 2.49. The largest absolute Gasteiger partial charge is 0.248 e. The lowest BCUT2D eigenvalue weighted by atomic mass is 10.1. The topological polar surface area (TPSA) is 60.2 Å². The van der Waals surface area contributed by atoms with Crippen molar-refractivity contribution >= 4 is 10.0 Å². The van der Waals surface area contributed by atoms with Gasteiger partial charge in [-0.15, -0.1) is 0 Å². The van der Waals surface area contributed by atoms with Gasteiger partial charge in [0.2, 0.25) is 15.9 Å². The summed E-state index contributed by atoms with van der Waals surface area (Å²) in [5.74, 6) is -3.47. The molecule has 1 unspecified atom stereocenters. The second kappa shape index (κ2) is 2.92. The van der Waals surface area contributed by atoms with Gasteiger partial charge in [-0.25, -0.2) is 22.3 Å². The quantitative estimate of drug-likeness (QED) is 0.712. The monoisotopic (exact) mass is 199 g/mol. The van der Waals surface area contributed by atoms with E-state index < -0.39 is 21.9 Å². The minimum Gasteiger partial charge on any atom is -0.229 e. The Kier molecular flexibility index (Phi) is 2.40. The Hall–Kier alpha value is -0.230. The van der Waals surface area contributed by atoms with Gasteiger partial charge in [-0.2, -0.15) is 0 Å². The fourth-order valence-electron chi connectivity index (χ4n) is 1.51. The van der Waals surface area contributed by atoms with Gasteiger partial charge in [0.15, 0.2) is 0 Å². The zero-order chi connectivity index (χ0) is 9.41. The number of sulfonamides is 1. The number of halogens is 2. The van der Waals surface area contributed by atoms with Gasteiger partial charge in [0, 0.05) is 12.8 Å². The van der Waals surface area contributed by atoms with Crippen LogP contribution in [0.4, 0.5) is 8.78 Å². The molecule has 1 atom stereocenters. The highest BCUT2D eigenvalue weighted by atomic mass is 32.2. The molecule has 6 heteroatoms. The molecule has 0 aromatic rings. The third-order valence-electron chi connectivity index (χ3n) is 1.97. The summed E-state index contributed by atoms with van der Waals surface area (Å²) in [5, 5.41) is 4.73. The lowest BCUT2D eigenvalue weighted by Crippen LogP contribution is -2.22. The van der Waals surface area contributed by atoms with Gasteiger partial charge in [-0.05, 0) is 12.3 Å². The van der Waals surface area contributed by atoms with Crippen molar-refractivity contribution in [2.75, 3.05) is 5.75 Å². The highest BCUT2D eigenvalue weighted by Crippen LogP contribution is 2.38. The summed E-state index contributed by atoms with van der Waals surface area (Å²) >= 11 is 0. The maximum atomic E-state index is 12.5. The smallest absolute Gasteiger partial charge is 0.229 e. The molecule has 0 aromatic carbocycles. The second-order valence-electron chi connectivity index (χ2n) is 3.29. The molecule has 2 N–H and O–H groups in total. The van der Waals surface area contributed by atoms with Crippen molar-refractivity contribution in [3.63, 3.8) is 0 Å². The van der Waals surface area contributed by atoms with Crippen molar-refractivity contribution in [3.8, 4) is 0 Å². The van der Waals surface area contributed by atoms with E-state index in [1.165, 1.54) is 0 Å². The van der Waals surface area contributed by atoms with Crippen LogP contribution in [0.25, 0.3) is 0 Å². The standard InChI is InChI=1S/C6H11F2NO2S/c7-6(8)2-1-5(3-6)4-12(9,10)11/h5H,1-4H2,(H2,9,10,11). The molecule has 0 radical (unpaired) electrons. The molecule has 0 aromatic heterocycles. The van der Waals surface area contributed by atoms with Crippen molar-refractivity contribution in [1.29, 1.82) is 0 Å². The van der Waals surface area contributed by atoms with E-state index in [0.29, 0.717) is 0 Å². The molecule has 3 nitrogen and oxygen atoms in total. The molecule has 0 bridgehead atoms. The summed E-state index contributed by atoms with van der Waals surface area (Å²) < 4.78 is 46.1. The molecule has 0 saturated heterocycles. The first-order valence-electron chi connectivity index (χ1n) is 3.67. The predicted molar refractivity (Wildman–Crippen MR) is 40.3 cm³/mol. The summed E-state index contributed by atoms with van der Waals surface area (Å²) in [5.41, 5.74) is 0. The first-order chi connectivity index (χ1) is 5.29. The molecule has 12 heavy (non-hydrogen) atoms. The van der Waals surface area contributed by atoms with Crippen molar-refractivity contribution in [1.82, 2.24) is 0 Å². The van der Waals surface area contributed by atoms with E-state index in [-0.39, 0.29) is 25.0 Å². The lowest BCUT2D eigenvalue weighted by Gasteiger charge is -2.08. The molecule has 1 aliphatic carbocycles. The zero-order valence-corrected chi connectivity index (χ0v) is 7.28. The minimum atomic E-state index is -3.59. The van der Waals surface area contributed by atoms with Crippen molar-refractivity contribution in [2.45, 2.75) is 25.2 Å². The summed E-state index contributed by atoms with van der Waals surface area (Å²) in [4.78, 5) is 0. The van der Waals surface area contributed by atoms with Crippen molar-refractivity contribution in [3.05, 3.63) is 0 Å². The molecule has 0 heterocycles. The van der Waals surface area contributed by atoms with E-state index in [4.69, 9.17) is 5.14 Å². The molecule has 1 rings (SSSR count). The summed E-state index contributed by atoms with van der Waals surface area (Å²) in [7, 11) is -3.59. The number of nitrogens with two attached hydrogens (primary N) is 1. The molecule has 1 saturated carbocycles. The molecule has 0 aliphatic heterocycles. The van der Waals surface area contributed by atoms with Crippen molar-refractivity contribution < 1.29 is 17.2 Å². The molecule has 72 valence electrons. The Labute approximate surface area is 70.0 Å². The third kappa shape index (κ3) is 3.02. The Morgan fingerprint density at radius 1 is 1.50 bits per heavy atom. The average molecular weight is 199 g/mol. The molecular formula is C6H11F2NO2S. The van der Waals surface area contributed by atoms with Crippen LogP contribution in [0.3, 0.4) is 0 Å². The van der Waals surface area contributed by atoms with E-state index in [9.17, 15) is 17.2 Å². The molecule has 0 amide bonds. The first kappa shape index (κ1) is 9.85. The van der Waals surface area contributed by atoms with E-state index in [1.54, 1.807) is 0 Å². The van der Waals surface area contributed by atoms with E-state index >= 15 is 0 Å². The van der Waals surface area contributed by atoms with E-state index in [0.717, 1.165) is 0 Å². The third-order valence-corrected chi connectivity index (χ3v) is 2.91. The predicted octanol–water partition coefficient (Wildman–Crippen LogP) is 0.710. The van der Waals surface area contributed by atoms with Gasteiger partial charge < -0.3 is 0 Å². The van der Waals surface area contributed by atoms with Gasteiger partial charge >= 0.3 is 0 Å². The molecule has 1 aliphatic rings. The minimum absolute atomic E-state index is 0.215. The van der Waals surface area contributed by atoms with Crippen LogP contribution in [0, 0.1) is 5.92 Å². The van der Waals surface area contributed by atoms with Gasteiger partial charge in [0.05, 0.1) is 5.75 Å². The summed E-state index contributed by atoms with van der Waals surface area (Å²) in [6.07, 6.45) is -0.306. The number of hydrogen-bond donors (Lipinski definition) is 1. The van der Waals surface area contributed by atoms with Crippen LogP contribution in [0.2, 0.25) is 0 Å². The van der Waals surface area contributed by atoms with Gasteiger partial charge in [0.25, 0.3) is 0 Å².